The highest BCUT2D eigenvalue weighted by Crippen LogP contribution is 2.24. The molecule has 0 fully saturated rings. The van der Waals surface area contributed by atoms with Crippen molar-refractivity contribution in [3.05, 3.63) is 45.3 Å². The first-order chi connectivity index (χ1) is 8.33. The number of benzene rings is 1. The summed E-state index contributed by atoms with van der Waals surface area (Å²) in [5.74, 6) is 1.57. The Balaban J connectivity index is 2.01. The number of hydrogen-bond donors (Lipinski definition) is 1. The first-order valence-corrected chi connectivity index (χ1v) is 7.01. The molecule has 5 heteroatoms. The fourth-order valence-electron chi connectivity index (χ4n) is 1.54. The summed E-state index contributed by atoms with van der Waals surface area (Å²) in [6.07, 6.45) is 0. The van der Waals surface area contributed by atoms with Gasteiger partial charge in [-0.15, -0.1) is 11.3 Å². The lowest BCUT2D eigenvalue weighted by molar-refractivity contribution is 1.10. The molecule has 2 heterocycles. The second-order valence-electron chi connectivity index (χ2n) is 3.50. The van der Waals surface area contributed by atoms with E-state index in [0.717, 1.165) is 22.1 Å². The fourth-order valence-corrected chi connectivity index (χ4v) is 2.75. The molecule has 2 aromatic heterocycles. The molecular formula is C12H8IN3S. The maximum Gasteiger partial charge on any atom is 0.181 e. The van der Waals surface area contributed by atoms with Crippen LogP contribution in [0.3, 0.4) is 0 Å². The third-order valence-corrected chi connectivity index (χ3v) is 3.87. The average molecular weight is 353 g/mol. The SMILES string of the molecule is Ic1cccc(-c2n[nH]c(-c3cccs3)n2)c1. The molecule has 3 nitrogen and oxygen atoms in total. The van der Waals surface area contributed by atoms with Crippen LogP contribution < -0.4 is 0 Å². The molecule has 3 rings (SSSR count). The lowest BCUT2D eigenvalue weighted by atomic mass is 10.2. The van der Waals surface area contributed by atoms with Crippen LogP contribution >= 0.6 is 33.9 Å². The minimum atomic E-state index is 0.743. The molecule has 0 aliphatic rings. The van der Waals surface area contributed by atoms with E-state index in [2.05, 4.69) is 49.9 Å². The largest absolute Gasteiger partial charge is 0.258 e. The number of nitrogens with zero attached hydrogens (tertiary/aromatic N) is 2. The number of rotatable bonds is 2. The zero-order chi connectivity index (χ0) is 11.7. The van der Waals surface area contributed by atoms with Gasteiger partial charge in [0.25, 0.3) is 0 Å². The van der Waals surface area contributed by atoms with E-state index >= 15 is 0 Å². The van der Waals surface area contributed by atoms with Gasteiger partial charge in [-0.3, -0.25) is 5.10 Å². The molecule has 0 atom stereocenters. The minimum absolute atomic E-state index is 0.743. The molecule has 0 unspecified atom stereocenters. The van der Waals surface area contributed by atoms with E-state index in [1.165, 1.54) is 3.57 Å². The van der Waals surface area contributed by atoms with Gasteiger partial charge in [-0.2, -0.15) is 5.10 Å². The number of halogens is 1. The third-order valence-electron chi connectivity index (χ3n) is 2.32. The van der Waals surface area contributed by atoms with Crippen LogP contribution in [0.4, 0.5) is 0 Å². The first-order valence-electron chi connectivity index (χ1n) is 5.05. The van der Waals surface area contributed by atoms with E-state index in [9.17, 15) is 0 Å². The Morgan fingerprint density at radius 1 is 1.18 bits per heavy atom. The number of thiophene rings is 1. The van der Waals surface area contributed by atoms with Gasteiger partial charge in [0.05, 0.1) is 4.88 Å². The van der Waals surface area contributed by atoms with Crippen molar-refractivity contribution in [3.8, 4) is 22.1 Å². The topological polar surface area (TPSA) is 41.6 Å². The molecule has 0 bridgehead atoms. The van der Waals surface area contributed by atoms with Gasteiger partial charge in [0.15, 0.2) is 11.6 Å². The normalized spacial score (nSPS) is 10.6. The van der Waals surface area contributed by atoms with Gasteiger partial charge in [-0.05, 0) is 46.2 Å². The Morgan fingerprint density at radius 2 is 2.12 bits per heavy atom. The van der Waals surface area contributed by atoms with Gasteiger partial charge in [0.2, 0.25) is 0 Å². The third kappa shape index (κ3) is 2.25. The summed E-state index contributed by atoms with van der Waals surface area (Å²) in [5, 5.41) is 9.25. The van der Waals surface area contributed by atoms with Gasteiger partial charge >= 0.3 is 0 Å². The maximum absolute atomic E-state index is 4.50. The quantitative estimate of drug-likeness (QED) is 0.712. The van der Waals surface area contributed by atoms with Gasteiger partial charge in [0.1, 0.15) is 0 Å². The monoisotopic (exact) mass is 353 g/mol. The summed E-state index contributed by atoms with van der Waals surface area (Å²) in [4.78, 5) is 5.61. The number of nitrogens with one attached hydrogen (secondary N) is 1. The molecule has 0 spiro atoms. The summed E-state index contributed by atoms with van der Waals surface area (Å²) in [6.45, 7) is 0. The number of aromatic nitrogens is 3. The summed E-state index contributed by atoms with van der Waals surface area (Å²) in [6, 6.07) is 12.2. The molecule has 17 heavy (non-hydrogen) atoms. The van der Waals surface area contributed by atoms with Crippen molar-refractivity contribution in [2.75, 3.05) is 0 Å². The van der Waals surface area contributed by atoms with E-state index in [1.807, 2.05) is 29.6 Å². The molecule has 1 aromatic carbocycles. The Morgan fingerprint density at radius 3 is 2.88 bits per heavy atom. The highest BCUT2D eigenvalue weighted by molar-refractivity contribution is 14.1. The standard InChI is InChI=1S/C12H8IN3S/c13-9-4-1-3-8(7-9)11-14-12(16-15-11)10-5-2-6-17-10/h1-7H,(H,14,15,16). The molecule has 0 saturated heterocycles. The second kappa shape index (κ2) is 4.58. The zero-order valence-electron chi connectivity index (χ0n) is 8.72. The van der Waals surface area contributed by atoms with Crippen molar-refractivity contribution in [2.45, 2.75) is 0 Å². The number of aromatic amines is 1. The van der Waals surface area contributed by atoms with E-state index in [1.54, 1.807) is 11.3 Å². The van der Waals surface area contributed by atoms with Crippen LogP contribution in [0.2, 0.25) is 0 Å². The van der Waals surface area contributed by atoms with Gasteiger partial charge in [-0.1, -0.05) is 18.2 Å². The minimum Gasteiger partial charge on any atom is -0.258 e. The van der Waals surface area contributed by atoms with Gasteiger partial charge in [-0.25, -0.2) is 4.98 Å². The fraction of sp³-hybridized carbons (Fsp3) is 0. The molecule has 84 valence electrons. The van der Waals surface area contributed by atoms with Crippen LogP contribution in [0, 0.1) is 3.57 Å². The summed E-state index contributed by atoms with van der Waals surface area (Å²) in [7, 11) is 0. The maximum atomic E-state index is 4.50. The number of hydrogen-bond acceptors (Lipinski definition) is 3. The lowest BCUT2D eigenvalue weighted by Gasteiger charge is -1.94. The van der Waals surface area contributed by atoms with E-state index in [4.69, 9.17) is 0 Å². The molecule has 0 saturated carbocycles. The van der Waals surface area contributed by atoms with Gasteiger partial charge < -0.3 is 0 Å². The molecule has 0 amide bonds. The van der Waals surface area contributed by atoms with Crippen molar-refractivity contribution in [1.82, 2.24) is 15.2 Å². The van der Waals surface area contributed by atoms with Crippen molar-refractivity contribution >= 4 is 33.9 Å². The van der Waals surface area contributed by atoms with E-state index < -0.39 is 0 Å². The Kier molecular flexibility index (Phi) is 2.94. The highest BCUT2D eigenvalue weighted by atomic mass is 127. The van der Waals surface area contributed by atoms with E-state index in [0.29, 0.717) is 0 Å². The van der Waals surface area contributed by atoms with Crippen LogP contribution in [-0.4, -0.2) is 15.2 Å². The van der Waals surface area contributed by atoms with Crippen LogP contribution in [-0.2, 0) is 0 Å². The predicted molar refractivity (Wildman–Crippen MR) is 77.8 cm³/mol. The van der Waals surface area contributed by atoms with Crippen molar-refractivity contribution in [2.24, 2.45) is 0 Å². The van der Waals surface area contributed by atoms with Crippen LogP contribution in [0.1, 0.15) is 0 Å². The molecule has 0 radical (unpaired) electrons. The zero-order valence-corrected chi connectivity index (χ0v) is 11.7. The lowest BCUT2D eigenvalue weighted by Crippen LogP contribution is -1.81. The van der Waals surface area contributed by atoms with Crippen molar-refractivity contribution in [1.29, 1.82) is 0 Å². The molecule has 0 aliphatic carbocycles. The van der Waals surface area contributed by atoms with Crippen molar-refractivity contribution < 1.29 is 0 Å². The molecular weight excluding hydrogens is 345 g/mol. The predicted octanol–water partition coefficient (Wildman–Crippen LogP) is 3.80. The smallest absolute Gasteiger partial charge is 0.181 e. The average Bonchev–Trinajstić information content (AvgIpc) is 3.00. The van der Waals surface area contributed by atoms with Crippen LogP contribution in [0.25, 0.3) is 22.1 Å². The summed E-state index contributed by atoms with van der Waals surface area (Å²) < 4.78 is 1.18. The van der Waals surface area contributed by atoms with Crippen molar-refractivity contribution in [3.63, 3.8) is 0 Å². The summed E-state index contributed by atoms with van der Waals surface area (Å²) >= 11 is 3.94. The van der Waals surface area contributed by atoms with Crippen LogP contribution in [0.15, 0.2) is 41.8 Å². The van der Waals surface area contributed by atoms with Crippen LogP contribution in [0.5, 0.6) is 0 Å². The molecule has 0 aliphatic heterocycles. The Hall–Kier alpha value is -1.21. The highest BCUT2D eigenvalue weighted by Gasteiger charge is 2.08. The summed E-state index contributed by atoms with van der Waals surface area (Å²) in [5.41, 5.74) is 1.04. The molecule has 3 aromatic rings. The Labute approximate surface area is 116 Å². The first kappa shape index (κ1) is 10.9. The molecule has 1 N–H and O–H groups in total. The van der Waals surface area contributed by atoms with Gasteiger partial charge in [0, 0.05) is 9.13 Å². The second-order valence-corrected chi connectivity index (χ2v) is 5.69. The van der Waals surface area contributed by atoms with E-state index in [-0.39, 0.29) is 0 Å². The number of H-pyrrole nitrogens is 1. The Bertz CT molecular complexity index is 631.